The number of ether oxygens (including phenoxy) is 1. The van der Waals surface area contributed by atoms with Crippen LogP contribution in [0.2, 0.25) is 0 Å². The first kappa shape index (κ1) is 16.5. The fourth-order valence-electron chi connectivity index (χ4n) is 2.16. The van der Waals surface area contributed by atoms with Crippen LogP contribution in [-0.2, 0) is 6.54 Å². The molecule has 0 aliphatic carbocycles. The van der Waals surface area contributed by atoms with Gasteiger partial charge in [-0.15, -0.1) is 0 Å². The van der Waals surface area contributed by atoms with Crippen LogP contribution in [0, 0.1) is 0 Å². The van der Waals surface area contributed by atoms with Crippen molar-refractivity contribution in [3.63, 3.8) is 0 Å². The highest BCUT2D eigenvalue weighted by Gasteiger charge is 2.10. The summed E-state index contributed by atoms with van der Waals surface area (Å²) in [7, 11) is 1.63. The van der Waals surface area contributed by atoms with Crippen LogP contribution in [0.15, 0.2) is 47.1 Å². The Morgan fingerprint density at radius 2 is 2.00 bits per heavy atom. The predicted molar refractivity (Wildman–Crippen MR) is 77.9 cm³/mol. The van der Waals surface area contributed by atoms with Gasteiger partial charge in [0, 0.05) is 36.8 Å². The van der Waals surface area contributed by atoms with Crippen LogP contribution in [-0.4, -0.2) is 23.8 Å². The maximum absolute atomic E-state index is 8.83. The third-order valence-corrected chi connectivity index (χ3v) is 3.31. The van der Waals surface area contributed by atoms with Crippen molar-refractivity contribution in [3.8, 4) is 17.2 Å². The quantitative estimate of drug-likeness (QED) is 0.601. The minimum Gasteiger partial charge on any atom is -1.00 e. The number of aryl methyl sites for hydroxylation is 1. The minimum absolute atomic E-state index is 0. The van der Waals surface area contributed by atoms with Gasteiger partial charge in [-0.2, -0.15) is 0 Å². The predicted octanol–water partition coefficient (Wildman–Crippen LogP) is -0.823. The third kappa shape index (κ3) is 3.45. The van der Waals surface area contributed by atoms with E-state index in [0.29, 0.717) is 11.5 Å². The summed E-state index contributed by atoms with van der Waals surface area (Å²) in [6.07, 6.45) is 4.66. The maximum atomic E-state index is 8.83. The van der Waals surface area contributed by atoms with E-state index in [-0.39, 0.29) is 23.6 Å². The molecule has 0 saturated carbocycles. The van der Waals surface area contributed by atoms with Crippen molar-refractivity contribution in [2.75, 3.05) is 13.7 Å². The summed E-state index contributed by atoms with van der Waals surface area (Å²) in [5.41, 5.74) is 2.44. The van der Waals surface area contributed by atoms with Gasteiger partial charge in [0.15, 0.2) is 24.5 Å². The molecule has 6 heteroatoms. The number of rotatable bonds is 5. The van der Waals surface area contributed by atoms with Crippen LogP contribution in [0.25, 0.3) is 22.6 Å². The first-order chi connectivity index (χ1) is 10.3. The molecule has 1 N–H and O–H groups in total. The standard InChI is InChI=1S/C16H17N2O3.BrH/c1-20-13-3-4-14-15(11-13)21-16(17-14)12-5-8-18(9-6-12)7-2-10-19;/h3-6,8-9,11,19H,2,7,10H2,1H3;1H/q+1;/p-1. The smallest absolute Gasteiger partial charge is 0.227 e. The van der Waals surface area contributed by atoms with Crippen LogP contribution >= 0.6 is 0 Å². The van der Waals surface area contributed by atoms with Gasteiger partial charge in [-0.3, -0.25) is 0 Å². The molecule has 2 aromatic heterocycles. The van der Waals surface area contributed by atoms with E-state index in [9.17, 15) is 0 Å². The van der Waals surface area contributed by atoms with E-state index in [0.717, 1.165) is 29.8 Å². The lowest BCUT2D eigenvalue weighted by atomic mass is 10.2. The molecule has 22 heavy (non-hydrogen) atoms. The number of aliphatic hydroxyl groups excluding tert-OH is 1. The van der Waals surface area contributed by atoms with E-state index < -0.39 is 0 Å². The monoisotopic (exact) mass is 364 g/mol. The summed E-state index contributed by atoms with van der Waals surface area (Å²) in [5.74, 6) is 1.34. The summed E-state index contributed by atoms with van der Waals surface area (Å²) in [4.78, 5) is 4.48. The molecule has 0 bridgehead atoms. The molecule has 1 aromatic carbocycles. The Morgan fingerprint density at radius 3 is 2.68 bits per heavy atom. The molecule has 0 amide bonds. The van der Waals surface area contributed by atoms with Crippen molar-refractivity contribution in [2.24, 2.45) is 0 Å². The van der Waals surface area contributed by atoms with Gasteiger partial charge in [0.25, 0.3) is 0 Å². The number of pyridine rings is 1. The number of methoxy groups -OCH3 is 1. The van der Waals surface area contributed by atoms with Gasteiger partial charge in [-0.1, -0.05) is 0 Å². The number of benzene rings is 1. The van der Waals surface area contributed by atoms with Crippen LogP contribution < -0.4 is 26.3 Å². The summed E-state index contributed by atoms with van der Waals surface area (Å²) >= 11 is 0. The normalized spacial score (nSPS) is 10.5. The number of aliphatic hydroxyl groups is 1. The van der Waals surface area contributed by atoms with Crippen molar-refractivity contribution < 1.29 is 35.8 Å². The number of aromatic nitrogens is 2. The number of oxazole rings is 1. The number of nitrogens with zero attached hydrogens (tertiary/aromatic N) is 2. The third-order valence-electron chi connectivity index (χ3n) is 3.31. The molecule has 0 fully saturated rings. The zero-order chi connectivity index (χ0) is 14.7. The molecule has 0 aliphatic heterocycles. The van der Waals surface area contributed by atoms with Gasteiger partial charge in [0.05, 0.1) is 7.11 Å². The van der Waals surface area contributed by atoms with Crippen LogP contribution in [0.1, 0.15) is 6.42 Å². The number of halogens is 1. The lowest BCUT2D eigenvalue weighted by molar-refractivity contribution is -0.697. The molecular formula is C16H17BrN2O3. The Labute approximate surface area is 138 Å². The zero-order valence-corrected chi connectivity index (χ0v) is 13.8. The van der Waals surface area contributed by atoms with Crippen molar-refractivity contribution >= 4 is 11.1 Å². The topological polar surface area (TPSA) is 59.4 Å². The molecule has 0 spiro atoms. The van der Waals surface area contributed by atoms with Gasteiger partial charge in [0.2, 0.25) is 5.89 Å². The molecule has 5 nitrogen and oxygen atoms in total. The number of hydrogen-bond donors (Lipinski definition) is 1. The van der Waals surface area contributed by atoms with E-state index in [4.69, 9.17) is 14.3 Å². The van der Waals surface area contributed by atoms with E-state index in [1.165, 1.54) is 0 Å². The van der Waals surface area contributed by atoms with E-state index >= 15 is 0 Å². The lowest BCUT2D eigenvalue weighted by Gasteiger charge is -1.96. The van der Waals surface area contributed by atoms with Crippen LogP contribution in [0.3, 0.4) is 0 Å². The highest BCUT2D eigenvalue weighted by Crippen LogP contribution is 2.26. The van der Waals surface area contributed by atoms with Gasteiger partial charge < -0.3 is 31.2 Å². The average Bonchev–Trinajstić information content (AvgIpc) is 2.96. The van der Waals surface area contributed by atoms with Crippen molar-refractivity contribution in [3.05, 3.63) is 42.7 Å². The molecule has 116 valence electrons. The van der Waals surface area contributed by atoms with Gasteiger partial charge in [-0.25, -0.2) is 9.55 Å². The van der Waals surface area contributed by atoms with Gasteiger partial charge in [0.1, 0.15) is 11.3 Å². The lowest BCUT2D eigenvalue weighted by Crippen LogP contribution is -3.00. The van der Waals surface area contributed by atoms with Crippen molar-refractivity contribution in [2.45, 2.75) is 13.0 Å². The second-order valence-electron chi connectivity index (χ2n) is 4.75. The summed E-state index contributed by atoms with van der Waals surface area (Å²) < 4.78 is 13.0. The van der Waals surface area contributed by atoms with Crippen molar-refractivity contribution in [1.29, 1.82) is 0 Å². The Bertz CT molecular complexity index is 741. The van der Waals surface area contributed by atoms with Gasteiger partial charge >= 0.3 is 0 Å². The molecular weight excluding hydrogens is 348 g/mol. The molecule has 0 radical (unpaired) electrons. The van der Waals surface area contributed by atoms with E-state index in [1.54, 1.807) is 7.11 Å². The highest BCUT2D eigenvalue weighted by molar-refractivity contribution is 5.77. The minimum atomic E-state index is 0. The van der Waals surface area contributed by atoms with E-state index in [2.05, 4.69) is 4.98 Å². The molecule has 0 unspecified atom stereocenters. The highest BCUT2D eigenvalue weighted by atomic mass is 79.9. The SMILES string of the molecule is COc1ccc2nc(-c3cc[n+](CCCO)cc3)oc2c1.[Br-]. The largest absolute Gasteiger partial charge is 1.00 e. The van der Waals surface area contributed by atoms with Crippen LogP contribution in [0.4, 0.5) is 0 Å². The second kappa shape index (κ2) is 7.38. The second-order valence-corrected chi connectivity index (χ2v) is 4.75. The molecule has 3 aromatic rings. The molecule has 2 heterocycles. The Kier molecular flexibility index (Phi) is 5.51. The molecule has 0 aliphatic rings. The Balaban J connectivity index is 0.00000176. The average molecular weight is 365 g/mol. The zero-order valence-electron chi connectivity index (χ0n) is 12.2. The molecule has 3 rings (SSSR count). The summed E-state index contributed by atoms with van der Waals surface area (Å²) in [6, 6.07) is 9.49. The fraction of sp³-hybridized carbons (Fsp3) is 0.250. The van der Waals surface area contributed by atoms with Crippen molar-refractivity contribution in [1.82, 2.24) is 4.98 Å². The maximum Gasteiger partial charge on any atom is 0.227 e. The first-order valence-corrected chi connectivity index (χ1v) is 6.85. The summed E-state index contributed by atoms with van der Waals surface area (Å²) in [6.45, 7) is 0.989. The van der Waals surface area contributed by atoms with Gasteiger partial charge in [-0.05, 0) is 12.1 Å². The fourth-order valence-corrected chi connectivity index (χ4v) is 2.16. The molecule has 0 saturated heterocycles. The first-order valence-electron chi connectivity index (χ1n) is 6.85. The van der Waals surface area contributed by atoms with Crippen LogP contribution in [0.5, 0.6) is 5.75 Å². The number of hydrogen-bond acceptors (Lipinski definition) is 4. The van der Waals surface area contributed by atoms with E-state index in [1.807, 2.05) is 47.3 Å². The summed E-state index contributed by atoms with van der Waals surface area (Å²) in [5, 5.41) is 8.83. The Morgan fingerprint density at radius 1 is 1.23 bits per heavy atom. The number of fused-ring (bicyclic) bond motifs is 1. The molecule has 0 atom stereocenters. The Hall–Kier alpha value is -1.92.